The van der Waals surface area contributed by atoms with E-state index in [9.17, 15) is 4.79 Å². The summed E-state index contributed by atoms with van der Waals surface area (Å²) in [6.45, 7) is 7.59. The summed E-state index contributed by atoms with van der Waals surface area (Å²) in [6.07, 6.45) is 1.34. The molecule has 3 aromatic carbocycles. The number of halogens is 1. The topological polar surface area (TPSA) is 60.9 Å². The molecule has 2 heterocycles. The van der Waals surface area contributed by atoms with Crippen molar-refractivity contribution in [3.8, 4) is 22.9 Å². The Morgan fingerprint density at radius 3 is 2.02 bits per heavy atom. The highest BCUT2D eigenvalue weighted by Gasteiger charge is 2.29. The summed E-state index contributed by atoms with van der Waals surface area (Å²) >= 11 is 0. The zero-order valence-electron chi connectivity index (χ0n) is 24.4. The van der Waals surface area contributed by atoms with E-state index in [-0.39, 0.29) is 24.3 Å². The van der Waals surface area contributed by atoms with Gasteiger partial charge in [0.1, 0.15) is 24.6 Å². The largest absolute Gasteiger partial charge is 0.473 e. The summed E-state index contributed by atoms with van der Waals surface area (Å²) in [7, 11) is 0. The predicted octanol–water partition coefficient (Wildman–Crippen LogP) is 7.60. The van der Waals surface area contributed by atoms with Crippen molar-refractivity contribution >= 4 is 11.7 Å². The first-order valence-corrected chi connectivity index (χ1v) is 14.4. The summed E-state index contributed by atoms with van der Waals surface area (Å²) in [5.74, 6) is 0.0360. The van der Waals surface area contributed by atoms with Crippen molar-refractivity contribution in [2.75, 3.05) is 18.0 Å². The summed E-state index contributed by atoms with van der Waals surface area (Å²) in [5, 5.41) is 0. The van der Waals surface area contributed by atoms with Gasteiger partial charge in [-0.05, 0) is 69.0 Å². The number of rotatable bonds is 9. The summed E-state index contributed by atoms with van der Waals surface area (Å²) in [4.78, 5) is 19.2. The minimum Gasteiger partial charge on any atom is -0.473 e. The van der Waals surface area contributed by atoms with Gasteiger partial charge in [-0.3, -0.25) is 4.79 Å². The molecule has 4 aromatic rings. The quantitative estimate of drug-likeness (QED) is 0.194. The van der Waals surface area contributed by atoms with Crippen LogP contribution in [-0.2, 0) is 22.7 Å². The molecule has 5 rings (SSSR count). The summed E-state index contributed by atoms with van der Waals surface area (Å²) in [6, 6.07) is 28.4. The molecule has 0 aliphatic carbocycles. The van der Waals surface area contributed by atoms with E-state index in [2.05, 4.69) is 9.88 Å². The van der Waals surface area contributed by atoms with Crippen molar-refractivity contribution in [1.29, 1.82) is 0 Å². The molecule has 6 nitrogen and oxygen atoms in total. The highest BCUT2D eigenvalue weighted by molar-refractivity contribution is 5.74. The molecule has 1 aliphatic rings. The van der Waals surface area contributed by atoms with Crippen LogP contribution in [-0.4, -0.2) is 29.6 Å². The molecule has 0 saturated carbocycles. The Balaban J connectivity index is 1.32. The molecule has 0 N–H and O–H groups in total. The third kappa shape index (κ3) is 7.66. The van der Waals surface area contributed by atoms with Gasteiger partial charge in [-0.1, -0.05) is 60.7 Å². The van der Waals surface area contributed by atoms with Crippen LogP contribution in [0.15, 0.2) is 91.0 Å². The van der Waals surface area contributed by atoms with Crippen LogP contribution in [0, 0.1) is 11.7 Å². The van der Waals surface area contributed by atoms with E-state index >= 15 is 4.39 Å². The lowest BCUT2D eigenvalue weighted by Crippen LogP contribution is -2.38. The summed E-state index contributed by atoms with van der Waals surface area (Å²) in [5.41, 5.74) is 3.22. The maximum absolute atomic E-state index is 15.7. The average molecular weight is 569 g/mol. The number of anilines is 1. The molecule has 0 amide bonds. The number of hydrogen-bond donors (Lipinski definition) is 0. The average Bonchev–Trinajstić information content (AvgIpc) is 2.99. The standard InChI is InChI=1S/C35H37FN2O4/c1-35(2,3)42-34(39)27-18-20-38(21-19-27)28-14-15-29(31(36)22-28)30-16-17-32(40-23-25-10-6-4-7-11-25)37-33(30)41-24-26-12-8-5-9-13-26/h4-17,22,27H,18-21,23-24H2,1-3H3. The van der Waals surface area contributed by atoms with Gasteiger partial charge >= 0.3 is 5.97 Å². The van der Waals surface area contributed by atoms with E-state index in [1.54, 1.807) is 24.3 Å². The van der Waals surface area contributed by atoms with Crippen LogP contribution < -0.4 is 14.4 Å². The number of benzene rings is 3. The van der Waals surface area contributed by atoms with Gasteiger partial charge < -0.3 is 19.1 Å². The monoisotopic (exact) mass is 568 g/mol. The number of ether oxygens (including phenoxy) is 3. The molecular formula is C35H37FN2O4. The smallest absolute Gasteiger partial charge is 0.309 e. The van der Waals surface area contributed by atoms with E-state index in [0.717, 1.165) is 16.8 Å². The Bertz CT molecular complexity index is 1480. The number of esters is 1. The molecule has 218 valence electrons. The molecule has 1 saturated heterocycles. The van der Waals surface area contributed by atoms with E-state index in [4.69, 9.17) is 14.2 Å². The second-order valence-electron chi connectivity index (χ2n) is 11.5. The number of pyridine rings is 1. The Labute approximate surface area is 247 Å². The first kappa shape index (κ1) is 29.1. The SMILES string of the molecule is CC(C)(C)OC(=O)C1CCN(c2ccc(-c3ccc(OCc4ccccc4)nc3OCc3ccccc3)c(F)c2)CC1. The van der Waals surface area contributed by atoms with Gasteiger partial charge in [-0.2, -0.15) is 4.98 Å². The van der Waals surface area contributed by atoms with E-state index in [1.807, 2.05) is 87.5 Å². The Kier molecular flexibility index (Phi) is 9.06. The van der Waals surface area contributed by atoms with Crippen LogP contribution in [0.4, 0.5) is 10.1 Å². The van der Waals surface area contributed by atoms with E-state index in [0.29, 0.717) is 55.4 Å². The van der Waals surface area contributed by atoms with Crippen molar-refractivity contribution in [3.05, 3.63) is 108 Å². The number of carbonyl (C=O) groups is 1. The first-order chi connectivity index (χ1) is 20.2. The molecule has 0 spiro atoms. The molecule has 0 bridgehead atoms. The summed E-state index contributed by atoms with van der Waals surface area (Å²) < 4.78 is 33.3. The zero-order chi connectivity index (χ0) is 29.5. The number of nitrogens with zero attached hydrogens (tertiary/aromatic N) is 2. The number of carbonyl (C=O) groups excluding carboxylic acids is 1. The van der Waals surface area contributed by atoms with Gasteiger partial charge in [0.25, 0.3) is 0 Å². The first-order valence-electron chi connectivity index (χ1n) is 14.4. The van der Waals surface area contributed by atoms with Crippen LogP contribution in [0.3, 0.4) is 0 Å². The van der Waals surface area contributed by atoms with E-state index in [1.165, 1.54) is 0 Å². The van der Waals surface area contributed by atoms with Crippen LogP contribution in [0.2, 0.25) is 0 Å². The highest BCUT2D eigenvalue weighted by atomic mass is 19.1. The fourth-order valence-corrected chi connectivity index (χ4v) is 4.95. The van der Waals surface area contributed by atoms with Gasteiger partial charge in [0.2, 0.25) is 11.8 Å². The third-order valence-corrected chi connectivity index (χ3v) is 7.13. The number of aromatic nitrogens is 1. The molecule has 0 radical (unpaired) electrons. The van der Waals surface area contributed by atoms with Crippen LogP contribution >= 0.6 is 0 Å². The fraction of sp³-hybridized carbons (Fsp3) is 0.314. The molecule has 1 aliphatic heterocycles. The van der Waals surface area contributed by atoms with Crippen molar-refractivity contribution in [2.45, 2.75) is 52.4 Å². The molecule has 7 heteroatoms. The Hall–Kier alpha value is -4.39. The fourth-order valence-electron chi connectivity index (χ4n) is 4.95. The molecule has 1 aromatic heterocycles. The van der Waals surface area contributed by atoms with Gasteiger partial charge in [-0.15, -0.1) is 0 Å². The van der Waals surface area contributed by atoms with Gasteiger partial charge in [0.05, 0.1) is 5.92 Å². The van der Waals surface area contributed by atoms with Crippen LogP contribution in [0.25, 0.3) is 11.1 Å². The molecular weight excluding hydrogens is 531 g/mol. The molecule has 1 fully saturated rings. The minimum atomic E-state index is -0.502. The lowest BCUT2D eigenvalue weighted by molar-refractivity contribution is -0.160. The third-order valence-electron chi connectivity index (χ3n) is 7.13. The maximum Gasteiger partial charge on any atom is 0.309 e. The van der Waals surface area contributed by atoms with Crippen LogP contribution in [0.5, 0.6) is 11.8 Å². The normalized spacial score (nSPS) is 14.0. The lowest BCUT2D eigenvalue weighted by atomic mass is 9.96. The van der Waals surface area contributed by atoms with Crippen molar-refractivity contribution < 1.29 is 23.4 Å². The van der Waals surface area contributed by atoms with Gasteiger partial charge in [-0.25, -0.2) is 4.39 Å². The minimum absolute atomic E-state index is 0.136. The highest BCUT2D eigenvalue weighted by Crippen LogP contribution is 2.35. The Morgan fingerprint density at radius 1 is 0.833 bits per heavy atom. The number of hydrogen-bond acceptors (Lipinski definition) is 6. The van der Waals surface area contributed by atoms with Crippen molar-refractivity contribution in [2.24, 2.45) is 5.92 Å². The van der Waals surface area contributed by atoms with Crippen LogP contribution in [0.1, 0.15) is 44.7 Å². The Morgan fingerprint density at radius 2 is 1.43 bits per heavy atom. The predicted molar refractivity (Wildman–Crippen MR) is 162 cm³/mol. The second-order valence-corrected chi connectivity index (χ2v) is 11.5. The molecule has 0 atom stereocenters. The zero-order valence-corrected chi connectivity index (χ0v) is 24.4. The lowest BCUT2D eigenvalue weighted by Gasteiger charge is -2.34. The van der Waals surface area contributed by atoms with Crippen molar-refractivity contribution in [1.82, 2.24) is 4.98 Å². The second kappa shape index (κ2) is 13.1. The van der Waals surface area contributed by atoms with Gasteiger partial charge in [0.15, 0.2) is 0 Å². The maximum atomic E-state index is 15.7. The van der Waals surface area contributed by atoms with Gasteiger partial charge in [0, 0.05) is 36.0 Å². The molecule has 0 unspecified atom stereocenters. The van der Waals surface area contributed by atoms with E-state index < -0.39 is 5.60 Å². The van der Waals surface area contributed by atoms with Crippen molar-refractivity contribution in [3.63, 3.8) is 0 Å². The molecule has 42 heavy (non-hydrogen) atoms. The number of piperidine rings is 1.